The zero-order chi connectivity index (χ0) is 19.7. The molecule has 0 saturated carbocycles. The third-order valence-corrected chi connectivity index (χ3v) is 5.20. The third-order valence-electron chi connectivity index (χ3n) is 5.20. The second-order valence-corrected chi connectivity index (χ2v) is 7.24. The summed E-state index contributed by atoms with van der Waals surface area (Å²) in [6.07, 6.45) is 0.634. The molecular weight excluding hydrogens is 356 g/mol. The normalized spacial score (nSPS) is 18.9. The smallest absolute Gasteiger partial charge is 0.255 e. The van der Waals surface area contributed by atoms with Crippen molar-refractivity contribution in [1.29, 1.82) is 0 Å². The maximum atomic E-state index is 12.8. The largest absolute Gasteiger partial charge is 0.399 e. The van der Waals surface area contributed by atoms with Crippen LogP contribution in [0.5, 0.6) is 0 Å². The van der Waals surface area contributed by atoms with Gasteiger partial charge < -0.3 is 16.0 Å². The standard InChI is InChI=1S/C21H22N4O3/c22-16-3-1-2-13(8-16)10-23-11-14-4-5-15-12-25(21(28)17(15)9-14)18-6-7-19(26)24-20(18)27/h1-5,8-9,18,23H,6-7,10-12,22H2,(H,24,26,27). The number of carbonyl (C=O) groups excluding carboxylic acids is 3. The summed E-state index contributed by atoms with van der Waals surface area (Å²) in [5.41, 5.74) is 10.2. The summed E-state index contributed by atoms with van der Waals surface area (Å²) in [6.45, 7) is 1.70. The predicted octanol–water partition coefficient (Wildman–Crippen LogP) is 1.32. The first-order chi connectivity index (χ1) is 13.5. The predicted molar refractivity (Wildman–Crippen MR) is 104 cm³/mol. The SMILES string of the molecule is Nc1cccc(CNCc2ccc3c(c2)C(=O)N(C2CCC(=O)NC2=O)C3)c1. The van der Waals surface area contributed by atoms with Crippen molar-refractivity contribution in [3.05, 3.63) is 64.7 Å². The number of nitrogen functional groups attached to an aromatic ring is 1. The van der Waals surface area contributed by atoms with Crippen LogP contribution in [-0.2, 0) is 29.2 Å². The summed E-state index contributed by atoms with van der Waals surface area (Å²) >= 11 is 0. The Bertz CT molecular complexity index is 956. The van der Waals surface area contributed by atoms with Gasteiger partial charge in [-0.15, -0.1) is 0 Å². The first kappa shape index (κ1) is 18.2. The lowest BCUT2D eigenvalue weighted by Crippen LogP contribution is -2.52. The minimum Gasteiger partial charge on any atom is -0.399 e. The minimum atomic E-state index is -0.581. The van der Waals surface area contributed by atoms with Gasteiger partial charge in [-0.25, -0.2) is 0 Å². The molecule has 0 radical (unpaired) electrons. The molecule has 4 N–H and O–H groups in total. The summed E-state index contributed by atoms with van der Waals surface area (Å²) in [6, 6.07) is 12.9. The number of nitrogens with zero attached hydrogens (tertiary/aromatic N) is 1. The van der Waals surface area contributed by atoms with Crippen LogP contribution in [0.4, 0.5) is 5.69 Å². The highest BCUT2D eigenvalue weighted by molar-refractivity contribution is 6.05. The molecule has 2 aliphatic heterocycles. The second-order valence-electron chi connectivity index (χ2n) is 7.24. The Hall–Kier alpha value is -3.19. The molecule has 0 spiro atoms. The molecule has 28 heavy (non-hydrogen) atoms. The van der Waals surface area contributed by atoms with Crippen LogP contribution in [0.3, 0.4) is 0 Å². The van der Waals surface area contributed by atoms with Gasteiger partial charge in [-0.2, -0.15) is 0 Å². The molecule has 3 amide bonds. The number of benzene rings is 2. The Kier molecular flexibility index (Phi) is 4.83. The lowest BCUT2D eigenvalue weighted by atomic mass is 10.0. The van der Waals surface area contributed by atoms with Gasteiger partial charge in [0.05, 0.1) is 0 Å². The van der Waals surface area contributed by atoms with Crippen LogP contribution in [0.25, 0.3) is 0 Å². The van der Waals surface area contributed by atoms with Crippen molar-refractivity contribution < 1.29 is 14.4 Å². The van der Waals surface area contributed by atoms with Crippen molar-refractivity contribution in [2.45, 2.75) is 38.5 Å². The van der Waals surface area contributed by atoms with E-state index >= 15 is 0 Å². The van der Waals surface area contributed by atoms with Crippen molar-refractivity contribution >= 4 is 23.4 Å². The lowest BCUT2D eigenvalue weighted by molar-refractivity contribution is -0.136. The van der Waals surface area contributed by atoms with Crippen molar-refractivity contribution in [2.75, 3.05) is 5.73 Å². The van der Waals surface area contributed by atoms with E-state index in [-0.39, 0.29) is 24.1 Å². The van der Waals surface area contributed by atoms with Crippen LogP contribution in [0.2, 0.25) is 0 Å². The van der Waals surface area contributed by atoms with E-state index in [4.69, 9.17) is 5.73 Å². The van der Waals surface area contributed by atoms with Crippen molar-refractivity contribution in [1.82, 2.24) is 15.5 Å². The van der Waals surface area contributed by atoms with Gasteiger partial charge in [0, 0.05) is 37.3 Å². The van der Waals surface area contributed by atoms with Gasteiger partial charge in [-0.1, -0.05) is 24.3 Å². The summed E-state index contributed by atoms with van der Waals surface area (Å²) in [7, 11) is 0. The molecule has 0 aliphatic carbocycles. The number of imide groups is 1. The summed E-state index contributed by atoms with van der Waals surface area (Å²) in [4.78, 5) is 37.9. The van der Waals surface area contributed by atoms with Crippen molar-refractivity contribution in [3.8, 4) is 0 Å². The first-order valence-corrected chi connectivity index (χ1v) is 9.33. The van der Waals surface area contributed by atoms with E-state index in [1.807, 2.05) is 42.5 Å². The van der Waals surface area contributed by atoms with E-state index in [0.717, 1.165) is 22.4 Å². The average Bonchev–Trinajstić information content (AvgIpc) is 2.98. The maximum Gasteiger partial charge on any atom is 0.255 e. The number of amides is 3. The fourth-order valence-electron chi connectivity index (χ4n) is 3.77. The number of nitrogens with one attached hydrogen (secondary N) is 2. The average molecular weight is 378 g/mol. The molecule has 2 aliphatic rings. The number of piperidine rings is 1. The van der Waals surface area contributed by atoms with Crippen LogP contribution in [0, 0.1) is 0 Å². The highest BCUT2D eigenvalue weighted by Crippen LogP contribution is 2.28. The molecule has 0 bridgehead atoms. The van der Waals surface area contributed by atoms with Crippen molar-refractivity contribution in [2.24, 2.45) is 0 Å². The molecule has 2 heterocycles. The zero-order valence-electron chi connectivity index (χ0n) is 15.4. The molecule has 1 saturated heterocycles. The van der Waals surface area contributed by atoms with Gasteiger partial charge in [0.25, 0.3) is 5.91 Å². The first-order valence-electron chi connectivity index (χ1n) is 9.33. The van der Waals surface area contributed by atoms with Crippen LogP contribution in [0.15, 0.2) is 42.5 Å². The molecular formula is C21H22N4O3. The third kappa shape index (κ3) is 3.61. The molecule has 2 aromatic rings. The fourth-order valence-corrected chi connectivity index (χ4v) is 3.77. The Morgan fingerprint density at radius 1 is 1.07 bits per heavy atom. The number of carbonyl (C=O) groups is 3. The molecule has 144 valence electrons. The summed E-state index contributed by atoms with van der Waals surface area (Å²) in [5.74, 6) is -0.817. The van der Waals surface area contributed by atoms with Crippen LogP contribution in [0.1, 0.15) is 39.9 Å². The molecule has 4 rings (SSSR count). The minimum absolute atomic E-state index is 0.151. The van der Waals surface area contributed by atoms with Gasteiger partial charge >= 0.3 is 0 Å². The number of nitrogens with two attached hydrogens (primary N) is 1. The number of hydrogen-bond donors (Lipinski definition) is 3. The van der Waals surface area contributed by atoms with Gasteiger partial charge in [0.2, 0.25) is 11.8 Å². The van der Waals surface area contributed by atoms with E-state index in [9.17, 15) is 14.4 Å². The van der Waals surface area contributed by atoms with Gasteiger partial charge in [0.1, 0.15) is 6.04 Å². The van der Waals surface area contributed by atoms with E-state index in [0.29, 0.717) is 31.6 Å². The molecule has 1 fully saturated rings. The highest BCUT2D eigenvalue weighted by atomic mass is 16.2. The van der Waals surface area contributed by atoms with E-state index in [1.165, 1.54) is 0 Å². The highest BCUT2D eigenvalue weighted by Gasteiger charge is 2.38. The maximum absolute atomic E-state index is 12.8. The Morgan fingerprint density at radius 2 is 1.86 bits per heavy atom. The monoisotopic (exact) mass is 378 g/mol. The Balaban J connectivity index is 1.41. The van der Waals surface area contributed by atoms with Gasteiger partial charge in [-0.3, -0.25) is 19.7 Å². The summed E-state index contributed by atoms with van der Waals surface area (Å²) in [5, 5.41) is 5.68. The van der Waals surface area contributed by atoms with E-state index < -0.39 is 6.04 Å². The topological polar surface area (TPSA) is 105 Å². The molecule has 1 atom stereocenters. The molecule has 2 aromatic carbocycles. The number of hydrogen-bond acceptors (Lipinski definition) is 5. The van der Waals surface area contributed by atoms with Crippen LogP contribution < -0.4 is 16.4 Å². The molecule has 7 nitrogen and oxygen atoms in total. The van der Waals surface area contributed by atoms with Gasteiger partial charge in [0.15, 0.2) is 0 Å². The molecule has 0 aromatic heterocycles. The second kappa shape index (κ2) is 7.44. The lowest BCUT2D eigenvalue weighted by Gasteiger charge is -2.29. The van der Waals surface area contributed by atoms with E-state index in [1.54, 1.807) is 4.90 Å². The molecule has 1 unspecified atom stereocenters. The Morgan fingerprint density at radius 3 is 2.61 bits per heavy atom. The van der Waals surface area contributed by atoms with E-state index in [2.05, 4.69) is 10.6 Å². The van der Waals surface area contributed by atoms with Crippen LogP contribution >= 0.6 is 0 Å². The zero-order valence-corrected chi connectivity index (χ0v) is 15.4. The quantitative estimate of drug-likeness (QED) is 0.538. The summed E-state index contributed by atoms with van der Waals surface area (Å²) < 4.78 is 0. The number of rotatable bonds is 5. The fraction of sp³-hybridized carbons (Fsp3) is 0.286. The number of anilines is 1. The number of fused-ring (bicyclic) bond motifs is 1. The Labute approximate surface area is 162 Å². The van der Waals surface area contributed by atoms with Gasteiger partial charge in [-0.05, 0) is 41.3 Å². The molecule has 7 heteroatoms. The van der Waals surface area contributed by atoms with Crippen LogP contribution in [-0.4, -0.2) is 28.7 Å². The van der Waals surface area contributed by atoms with Crippen molar-refractivity contribution in [3.63, 3.8) is 0 Å².